The Labute approximate surface area is 128 Å². The van der Waals surface area contributed by atoms with Gasteiger partial charge >= 0.3 is 0 Å². The lowest BCUT2D eigenvalue weighted by molar-refractivity contribution is 0.688. The number of hydrogen-bond donors (Lipinski definition) is 0. The average Bonchev–Trinajstić information content (AvgIpc) is 2.88. The molecule has 1 aliphatic heterocycles. The zero-order valence-corrected chi connectivity index (χ0v) is 12.1. The van der Waals surface area contributed by atoms with Crippen LogP contribution in [0.5, 0.6) is 0 Å². The first-order chi connectivity index (χ1) is 10.9. The van der Waals surface area contributed by atoms with E-state index in [0.717, 1.165) is 49.1 Å². The zero-order valence-electron chi connectivity index (χ0n) is 12.1. The van der Waals surface area contributed by atoms with E-state index in [1.807, 2.05) is 24.3 Å². The lowest BCUT2D eigenvalue weighted by atomic mass is 10.2. The van der Waals surface area contributed by atoms with Gasteiger partial charge in [0.15, 0.2) is 5.82 Å². The molecule has 0 saturated carbocycles. The van der Waals surface area contributed by atoms with Crippen LogP contribution in [0, 0.1) is 0 Å². The quantitative estimate of drug-likeness (QED) is 0.721. The highest BCUT2D eigenvalue weighted by atomic mass is 15.3. The van der Waals surface area contributed by atoms with Gasteiger partial charge in [-0.15, -0.1) is 10.2 Å². The maximum atomic E-state index is 4.38. The molecule has 4 rings (SSSR count). The number of hydrogen-bond acceptors (Lipinski definition) is 5. The fraction of sp³-hybridized carbons (Fsp3) is 0.250. The molecule has 1 aromatic carbocycles. The van der Waals surface area contributed by atoms with Crippen LogP contribution >= 0.6 is 0 Å². The van der Waals surface area contributed by atoms with Crippen LogP contribution in [0.1, 0.15) is 5.82 Å². The maximum Gasteiger partial charge on any atom is 0.164 e. The highest BCUT2D eigenvalue weighted by molar-refractivity contribution is 5.55. The Hall–Kier alpha value is -2.76. The van der Waals surface area contributed by atoms with Crippen molar-refractivity contribution >= 4 is 5.82 Å². The van der Waals surface area contributed by atoms with Gasteiger partial charge in [0.25, 0.3) is 0 Å². The van der Waals surface area contributed by atoms with Gasteiger partial charge in [-0.3, -0.25) is 0 Å². The molecule has 0 saturated heterocycles. The molecular weight excluding hydrogens is 276 g/mol. The second kappa shape index (κ2) is 5.55. The van der Waals surface area contributed by atoms with E-state index in [-0.39, 0.29) is 0 Å². The van der Waals surface area contributed by atoms with Gasteiger partial charge in [-0.1, -0.05) is 30.3 Å². The van der Waals surface area contributed by atoms with Crippen LogP contribution < -0.4 is 4.90 Å². The predicted octanol–water partition coefficient (Wildman–Crippen LogP) is 1.80. The van der Waals surface area contributed by atoms with Crippen molar-refractivity contribution in [3.8, 4) is 11.4 Å². The summed E-state index contributed by atoms with van der Waals surface area (Å²) in [7, 11) is 0. The summed E-state index contributed by atoms with van der Waals surface area (Å²) in [6, 6.07) is 12.2. The van der Waals surface area contributed by atoms with Crippen LogP contribution in [0.2, 0.25) is 0 Å². The molecule has 110 valence electrons. The molecule has 0 fully saturated rings. The summed E-state index contributed by atoms with van der Waals surface area (Å²) in [6.45, 7) is 2.64. The number of aromatic nitrogens is 5. The maximum absolute atomic E-state index is 4.38. The molecule has 0 aliphatic carbocycles. The van der Waals surface area contributed by atoms with E-state index in [1.165, 1.54) is 0 Å². The lowest BCUT2D eigenvalue weighted by Crippen LogP contribution is -2.27. The monoisotopic (exact) mass is 292 g/mol. The second-order valence-electron chi connectivity index (χ2n) is 5.26. The second-order valence-corrected chi connectivity index (χ2v) is 5.26. The van der Waals surface area contributed by atoms with E-state index < -0.39 is 0 Å². The summed E-state index contributed by atoms with van der Waals surface area (Å²) < 4.78 is 2.22. The lowest BCUT2D eigenvalue weighted by Gasteiger charge is -2.20. The third-order valence-electron chi connectivity index (χ3n) is 3.95. The Morgan fingerprint density at radius 2 is 1.82 bits per heavy atom. The molecule has 3 heterocycles. The molecule has 0 amide bonds. The normalized spacial score (nSPS) is 14.5. The summed E-state index contributed by atoms with van der Waals surface area (Å²) in [5.41, 5.74) is 1.11. The zero-order chi connectivity index (χ0) is 14.8. The van der Waals surface area contributed by atoms with E-state index in [4.69, 9.17) is 0 Å². The van der Waals surface area contributed by atoms with Gasteiger partial charge in [0.2, 0.25) is 0 Å². The molecule has 0 unspecified atom stereocenters. The number of anilines is 1. The van der Waals surface area contributed by atoms with Crippen molar-refractivity contribution in [2.75, 3.05) is 18.0 Å². The largest absolute Gasteiger partial charge is 0.354 e. The number of rotatable bonds is 2. The molecule has 6 heteroatoms. The smallest absolute Gasteiger partial charge is 0.164 e. The van der Waals surface area contributed by atoms with Gasteiger partial charge in [-0.2, -0.15) is 0 Å². The van der Waals surface area contributed by atoms with Crippen molar-refractivity contribution in [1.82, 2.24) is 24.7 Å². The van der Waals surface area contributed by atoms with Crippen LogP contribution in [0.25, 0.3) is 11.4 Å². The van der Waals surface area contributed by atoms with Crippen molar-refractivity contribution in [3.05, 3.63) is 54.7 Å². The summed E-state index contributed by atoms with van der Waals surface area (Å²) in [4.78, 5) is 10.6. The molecule has 0 radical (unpaired) electrons. The predicted molar refractivity (Wildman–Crippen MR) is 83.4 cm³/mol. The molecule has 2 aromatic heterocycles. The first-order valence-corrected chi connectivity index (χ1v) is 7.40. The van der Waals surface area contributed by atoms with E-state index in [0.29, 0.717) is 0 Å². The Morgan fingerprint density at radius 1 is 0.909 bits per heavy atom. The minimum Gasteiger partial charge on any atom is -0.354 e. The summed E-state index contributed by atoms with van der Waals surface area (Å²) >= 11 is 0. The summed E-state index contributed by atoms with van der Waals surface area (Å²) in [6.07, 6.45) is 4.24. The molecule has 3 aromatic rings. The van der Waals surface area contributed by atoms with Crippen molar-refractivity contribution in [1.29, 1.82) is 0 Å². The summed E-state index contributed by atoms with van der Waals surface area (Å²) in [5.74, 6) is 2.95. The Balaban J connectivity index is 1.62. The molecule has 22 heavy (non-hydrogen) atoms. The van der Waals surface area contributed by atoms with E-state index in [1.54, 1.807) is 12.5 Å². The van der Waals surface area contributed by atoms with E-state index >= 15 is 0 Å². The van der Waals surface area contributed by atoms with Crippen molar-refractivity contribution in [2.45, 2.75) is 13.0 Å². The van der Waals surface area contributed by atoms with Gasteiger partial charge in [0.1, 0.15) is 18.0 Å². The SMILES string of the molecule is c1ccc(-c2nnc3n2CCN(c2ccncn2)CC3)cc1. The average molecular weight is 292 g/mol. The molecule has 0 atom stereocenters. The Bertz CT molecular complexity index is 753. The number of fused-ring (bicyclic) bond motifs is 1. The van der Waals surface area contributed by atoms with Crippen molar-refractivity contribution < 1.29 is 0 Å². The van der Waals surface area contributed by atoms with E-state index in [2.05, 4.69) is 41.8 Å². The first-order valence-electron chi connectivity index (χ1n) is 7.40. The Morgan fingerprint density at radius 3 is 2.64 bits per heavy atom. The molecule has 0 spiro atoms. The van der Waals surface area contributed by atoms with Gasteiger partial charge in [0, 0.05) is 37.8 Å². The summed E-state index contributed by atoms with van der Waals surface area (Å²) in [5, 5.41) is 8.75. The molecular formula is C16H16N6. The minimum absolute atomic E-state index is 0.858. The van der Waals surface area contributed by atoms with Crippen LogP contribution in [-0.4, -0.2) is 37.8 Å². The van der Waals surface area contributed by atoms with Gasteiger partial charge in [0.05, 0.1) is 0 Å². The molecule has 0 N–H and O–H groups in total. The fourth-order valence-corrected chi connectivity index (χ4v) is 2.82. The van der Waals surface area contributed by atoms with Crippen LogP contribution in [0.3, 0.4) is 0 Å². The Kier molecular flexibility index (Phi) is 3.27. The van der Waals surface area contributed by atoms with Gasteiger partial charge < -0.3 is 9.47 Å². The molecule has 6 nitrogen and oxygen atoms in total. The highest BCUT2D eigenvalue weighted by Crippen LogP contribution is 2.21. The topological polar surface area (TPSA) is 59.7 Å². The first kappa shape index (κ1) is 12.9. The molecule has 0 bridgehead atoms. The molecule has 1 aliphatic rings. The minimum atomic E-state index is 0.858. The third-order valence-corrected chi connectivity index (χ3v) is 3.95. The highest BCUT2D eigenvalue weighted by Gasteiger charge is 2.19. The standard InChI is InChI=1S/C16H16N6/c1-2-4-13(5-3-1)16-20-19-15-7-9-21(10-11-22(15)16)14-6-8-17-12-18-14/h1-6,8,12H,7,9-11H2. The van der Waals surface area contributed by atoms with Crippen LogP contribution in [-0.2, 0) is 13.0 Å². The number of benzene rings is 1. The van der Waals surface area contributed by atoms with Crippen LogP contribution in [0.4, 0.5) is 5.82 Å². The van der Waals surface area contributed by atoms with Gasteiger partial charge in [-0.05, 0) is 6.07 Å². The van der Waals surface area contributed by atoms with Crippen LogP contribution in [0.15, 0.2) is 48.9 Å². The third kappa shape index (κ3) is 2.32. The number of nitrogens with zero attached hydrogens (tertiary/aromatic N) is 6. The van der Waals surface area contributed by atoms with Crippen molar-refractivity contribution in [2.24, 2.45) is 0 Å². The fourth-order valence-electron chi connectivity index (χ4n) is 2.82. The van der Waals surface area contributed by atoms with Crippen molar-refractivity contribution in [3.63, 3.8) is 0 Å². The van der Waals surface area contributed by atoms with Gasteiger partial charge in [-0.25, -0.2) is 9.97 Å². The van der Waals surface area contributed by atoms with E-state index in [9.17, 15) is 0 Å².